The van der Waals surface area contributed by atoms with Gasteiger partial charge in [-0.15, -0.1) is 6.58 Å². The molecule has 0 spiro atoms. The van der Waals surface area contributed by atoms with Crippen molar-refractivity contribution in [2.24, 2.45) is 5.92 Å². The van der Waals surface area contributed by atoms with Gasteiger partial charge >= 0.3 is 0 Å². The maximum atomic E-state index is 3.77. The maximum Gasteiger partial charge on any atom is -0.0348 e. The van der Waals surface area contributed by atoms with Crippen molar-refractivity contribution < 1.29 is 0 Å². The molecule has 0 saturated heterocycles. The number of hydrogen-bond acceptors (Lipinski definition) is 0. The molecule has 0 aliphatic heterocycles. The fraction of sp³-hybridized carbons (Fsp3) is 0.765. The minimum atomic E-state index is 0.849. The van der Waals surface area contributed by atoms with E-state index in [0.29, 0.717) is 0 Å². The van der Waals surface area contributed by atoms with Crippen LogP contribution in [-0.2, 0) is 0 Å². The Morgan fingerprint density at radius 3 is 2.24 bits per heavy atom. The molecule has 17 heavy (non-hydrogen) atoms. The van der Waals surface area contributed by atoms with Gasteiger partial charge in [0.1, 0.15) is 0 Å². The molecular formula is C17H32. The molecule has 0 N–H and O–H groups in total. The van der Waals surface area contributed by atoms with Crippen LogP contribution in [0.3, 0.4) is 0 Å². The van der Waals surface area contributed by atoms with E-state index in [4.69, 9.17) is 0 Å². The van der Waals surface area contributed by atoms with Crippen LogP contribution < -0.4 is 0 Å². The van der Waals surface area contributed by atoms with Crippen molar-refractivity contribution in [3.05, 3.63) is 24.8 Å². The highest BCUT2D eigenvalue weighted by atomic mass is 14.0. The summed E-state index contributed by atoms with van der Waals surface area (Å²) in [6.45, 7) is 8.39. The van der Waals surface area contributed by atoms with Crippen LogP contribution in [0.4, 0.5) is 0 Å². The van der Waals surface area contributed by atoms with E-state index in [1.54, 1.807) is 0 Å². The Labute approximate surface area is 109 Å². The molecule has 0 fully saturated rings. The molecule has 0 amide bonds. The lowest BCUT2D eigenvalue weighted by molar-refractivity contribution is 0.501. The van der Waals surface area contributed by atoms with E-state index in [2.05, 4.69) is 32.6 Å². The Bertz CT molecular complexity index is 178. The zero-order valence-electron chi connectivity index (χ0n) is 12.1. The van der Waals surface area contributed by atoms with E-state index in [0.717, 1.165) is 5.92 Å². The molecule has 0 saturated carbocycles. The van der Waals surface area contributed by atoms with Crippen LogP contribution in [0.2, 0.25) is 0 Å². The van der Waals surface area contributed by atoms with Gasteiger partial charge in [-0.3, -0.25) is 0 Å². The van der Waals surface area contributed by atoms with Crippen LogP contribution in [0, 0.1) is 5.92 Å². The molecule has 0 bridgehead atoms. The Kier molecular flexibility index (Phi) is 13.1. The number of allylic oxidation sites excluding steroid dienone is 3. The highest BCUT2D eigenvalue weighted by Gasteiger charge is 1.98. The first-order valence-corrected chi connectivity index (χ1v) is 7.57. The molecule has 0 radical (unpaired) electrons. The summed E-state index contributed by atoms with van der Waals surface area (Å²) in [5.41, 5.74) is 0. The number of hydrogen-bond donors (Lipinski definition) is 0. The largest absolute Gasteiger partial charge is 0.103 e. The Balaban J connectivity index is 3.21. The van der Waals surface area contributed by atoms with Gasteiger partial charge < -0.3 is 0 Å². The third-order valence-corrected chi connectivity index (χ3v) is 3.33. The molecule has 0 aliphatic carbocycles. The summed E-state index contributed by atoms with van der Waals surface area (Å²) in [5.74, 6) is 0.849. The zero-order valence-corrected chi connectivity index (χ0v) is 12.1. The molecule has 0 aromatic heterocycles. The van der Waals surface area contributed by atoms with E-state index < -0.39 is 0 Å². The average molecular weight is 236 g/mol. The summed E-state index contributed by atoms with van der Waals surface area (Å²) in [5, 5.41) is 0. The molecule has 0 aromatic rings. The lowest BCUT2D eigenvalue weighted by Crippen LogP contribution is -1.92. The molecule has 0 aliphatic rings. The topological polar surface area (TPSA) is 0 Å². The number of rotatable bonds is 12. The summed E-state index contributed by atoms with van der Waals surface area (Å²) in [6.07, 6.45) is 20.1. The first kappa shape index (κ1) is 16.5. The smallest absolute Gasteiger partial charge is 0.0348 e. The second-order valence-electron chi connectivity index (χ2n) is 5.22. The Morgan fingerprint density at radius 1 is 0.882 bits per heavy atom. The summed E-state index contributed by atoms with van der Waals surface area (Å²) < 4.78 is 0. The molecule has 1 atom stereocenters. The minimum absolute atomic E-state index is 0.849. The standard InChI is InChI=1S/C17H32/c1-4-6-8-9-10-11-12-13-14-16-17(3)15-7-5-2/h5,12-13,17H,2,4,6-11,14-16H2,1,3H3. The molecule has 0 heteroatoms. The molecule has 0 nitrogen and oxygen atoms in total. The first-order valence-electron chi connectivity index (χ1n) is 7.57. The van der Waals surface area contributed by atoms with Crippen molar-refractivity contribution >= 4 is 0 Å². The van der Waals surface area contributed by atoms with Gasteiger partial charge in [-0.25, -0.2) is 0 Å². The van der Waals surface area contributed by atoms with Gasteiger partial charge in [0.15, 0.2) is 0 Å². The van der Waals surface area contributed by atoms with Crippen LogP contribution in [0.15, 0.2) is 24.8 Å². The van der Waals surface area contributed by atoms with Crippen molar-refractivity contribution in [3.63, 3.8) is 0 Å². The quantitative estimate of drug-likeness (QED) is 0.276. The third kappa shape index (κ3) is 13.4. The fourth-order valence-electron chi connectivity index (χ4n) is 2.03. The first-order chi connectivity index (χ1) is 8.31. The van der Waals surface area contributed by atoms with Gasteiger partial charge in [-0.05, 0) is 44.4 Å². The van der Waals surface area contributed by atoms with Gasteiger partial charge in [-0.2, -0.15) is 0 Å². The monoisotopic (exact) mass is 236 g/mol. The summed E-state index contributed by atoms with van der Waals surface area (Å²) in [6, 6.07) is 0. The van der Waals surface area contributed by atoms with Crippen LogP contribution in [-0.4, -0.2) is 0 Å². The van der Waals surface area contributed by atoms with E-state index in [9.17, 15) is 0 Å². The average Bonchev–Trinajstić information content (AvgIpc) is 2.34. The lowest BCUT2D eigenvalue weighted by atomic mass is 9.99. The van der Waals surface area contributed by atoms with E-state index >= 15 is 0 Å². The van der Waals surface area contributed by atoms with Gasteiger partial charge in [0.25, 0.3) is 0 Å². The summed E-state index contributed by atoms with van der Waals surface area (Å²) >= 11 is 0. The van der Waals surface area contributed by atoms with Crippen molar-refractivity contribution in [2.45, 2.75) is 78.1 Å². The van der Waals surface area contributed by atoms with Gasteiger partial charge in [-0.1, -0.05) is 57.8 Å². The van der Waals surface area contributed by atoms with Crippen molar-refractivity contribution in [3.8, 4) is 0 Å². The van der Waals surface area contributed by atoms with Crippen LogP contribution >= 0.6 is 0 Å². The molecule has 0 aromatic carbocycles. The minimum Gasteiger partial charge on any atom is -0.103 e. The summed E-state index contributed by atoms with van der Waals surface area (Å²) in [7, 11) is 0. The normalized spacial score (nSPS) is 13.1. The van der Waals surface area contributed by atoms with E-state index in [-0.39, 0.29) is 0 Å². The van der Waals surface area contributed by atoms with Crippen molar-refractivity contribution in [1.29, 1.82) is 0 Å². The van der Waals surface area contributed by atoms with Crippen LogP contribution in [0.25, 0.3) is 0 Å². The maximum absolute atomic E-state index is 3.77. The highest BCUT2D eigenvalue weighted by molar-refractivity contribution is 4.82. The lowest BCUT2D eigenvalue weighted by Gasteiger charge is -2.07. The third-order valence-electron chi connectivity index (χ3n) is 3.33. The fourth-order valence-corrected chi connectivity index (χ4v) is 2.03. The molecule has 0 rings (SSSR count). The highest BCUT2D eigenvalue weighted by Crippen LogP contribution is 2.13. The molecule has 1 unspecified atom stereocenters. The predicted molar refractivity (Wildman–Crippen MR) is 80.3 cm³/mol. The second-order valence-corrected chi connectivity index (χ2v) is 5.22. The molecule has 0 heterocycles. The van der Waals surface area contributed by atoms with Gasteiger partial charge in [0.05, 0.1) is 0 Å². The second kappa shape index (κ2) is 13.5. The Hall–Kier alpha value is -0.520. The zero-order chi connectivity index (χ0) is 12.8. The van der Waals surface area contributed by atoms with Crippen molar-refractivity contribution in [2.75, 3.05) is 0 Å². The van der Waals surface area contributed by atoms with Crippen LogP contribution in [0.1, 0.15) is 78.1 Å². The van der Waals surface area contributed by atoms with Gasteiger partial charge in [0.2, 0.25) is 0 Å². The van der Waals surface area contributed by atoms with E-state index in [1.165, 1.54) is 64.2 Å². The van der Waals surface area contributed by atoms with Gasteiger partial charge in [0, 0.05) is 0 Å². The Morgan fingerprint density at radius 2 is 1.53 bits per heavy atom. The predicted octanol–water partition coefficient (Wildman–Crippen LogP) is 6.29. The molecular weight excluding hydrogens is 204 g/mol. The summed E-state index contributed by atoms with van der Waals surface area (Å²) in [4.78, 5) is 0. The van der Waals surface area contributed by atoms with Crippen molar-refractivity contribution in [1.82, 2.24) is 0 Å². The molecule has 100 valence electrons. The SMILES string of the molecule is C=CCCC(C)CCC=CCCCCCCC. The van der Waals surface area contributed by atoms with E-state index in [1.807, 2.05) is 6.08 Å². The number of unbranched alkanes of at least 4 members (excludes halogenated alkanes) is 5. The van der Waals surface area contributed by atoms with Crippen LogP contribution in [0.5, 0.6) is 0 Å².